The van der Waals surface area contributed by atoms with E-state index in [1.165, 1.54) is 4.90 Å². The molecule has 1 fully saturated rings. The van der Waals surface area contributed by atoms with Gasteiger partial charge in [-0.1, -0.05) is 66.4 Å². The van der Waals surface area contributed by atoms with Crippen LogP contribution in [-0.2, 0) is 9.59 Å². The Labute approximate surface area is 160 Å². The molecule has 2 N–H and O–H groups in total. The highest BCUT2D eigenvalue weighted by Gasteiger charge is 2.38. The number of aromatic hydroxyl groups is 1. The first-order valence-corrected chi connectivity index (χ1v) is 9.01. The summed E-state index contributed by atoms with van der Waals surface area (Å²) in [5, 5.41) is 18.8. The number of thioether (sulfide) groups is 1. The topological polar surface area (TPSA) is 77.8 Å². The molecule has 1 atom stereocenters. The number of benzene rings is 2. The van der Waals surface area contributed by atoms with Crippen LogP contribution in [0.1, 0.15) is 23.6 Å². The molecule has 26 heavy (non-hydrogen) atoms. The number of carbonyl (C=O) groups is 2. The van der Waals surface area contributed by atoms with Crippen molar-refractivity contribution in [1.82, 2.24) is 4.90 Å². The quantitative estimate of drug-likeness (QED) is 0.602. The minimum atomic E-state index is -1.01. The highest BCUT2D eigenvalue weighted by atomic mass is 32.2. The highest BCUT2D eigenvalue weighted by Crippen LogP contribution is 2.39. The van der Waals surface area contributed by atoms with Gasteiger partial charge < -0.3 is 10.2 Å². The lowest BCUT2D eigenvalue weighted by Gasteiger charge is -2.26. The zero-order valence-electron chi connectivity index (χ0n) is 13.5. The summed E-state index contributed by atoms with van der Waals surface area (Å²) in [7, 11) is 0. The molecule has 0 bridgehead atoms. The van der Waals surface area contributed by atoms with Crippen LogP contribution in [0.15, 0.2) is 59.5 Å². The monoisotopic (exact) mass is 385 g/mol. The van der Waals surface area contributed by atoms with Gasteiger partial charge in [-0.3, -0.25) is 14.5 Å². The summed E-state index contributed by atoms with van der Waals surface area (Å²) in [5.74, 6) is -1.24. The number of carbonyl (C=O) groups excluding carboxylic acids is 1. The number of thiocarbonyl (C=S) groups is 1. The van der Waals surface area contributed by atoms with Crippen LogP contribution >= 0.6 is 24.0 Å². The van der Waals surface area contributed by atoms with Crippen molar-refractivity contribution in [1.29, 1.82) is 0 Å². The van der Waals surface area contributed by atoms with Gasteiger partial charge >= 0.3 is 5.97 Å². The van der Waals surface area contributed by atoms with Gasteiger partial charge in [0.1, 0.15) is 10.1 Å². The van der Waals surface area contributed by atoms with Gasteiger partial charge in [0.05, 0.1) is 17.4 Å². The predicted octanol–water partition coefficient (Wildman–Crippen LogP) is 3.81. The van der Waals surface area contributed by atoms with Crippen molar-refractivity contribution >= 4 is 46.3 Å². The number of amides is 1. The first-order valence-electron chi connectivity index (χ1n) is 7.78. The summed E-state index contributed by atoms with van der Waals surface area (Å²) >= 11 is 6.48. The average Bonchev–Trinajstić information content (AvgIpc) is 2.87. The molecule has 2 aromatic carbocycles. The van der Waals surface area contributed by atoms with E-state index in [9.17, 15) is 19.8 Å². The molecule has 0 radical (unpaired) electrons. The smallest absolute Gasteiger partial charge is 0.305 e. The first kappa shape index (κ1) is 18.2. The van der Waals surface area contributed by atoms with Crippen LogP contribution in [0.3, 0.4) is 0 Å². The molecule has 7 heteroatoms. The van der Waals surface area contributed by atoms with Crippen molar-refractivity contribution in [2.24, 2.45) is 0 Å². The molecule has 1 aliphatic rings. The lowest BCUT2D eigenvalue weighted by molar-refractivity contribution is -0.138. The second-order valence-electron chi connectivity index (χ2n) is 5.67. The Bertz CT molecular complexity index is 895. The fraction of sp³-hybridized carbons (Fsp3) is 0.105. The summed E-state index contributed by atoms with van der Waals surface area (Å²) in [6.45, 7) is 0. The van der Waals surface area contributed by atoms with Crippen molar-refractivity contribution in [3.05, 3.63) is 70.6 Å². The first-order chi connectivity index (χ1) is 12.5. The average molecular weight is 385 g/mol. The fourth-order valence-corrected chi connectivity index (χ4v) is 4.07. The number of hydrogen-bond acceptors (Lipinski definition) is 5. The maximum absolute atomic E-state index is 12.9. The van der Waals surface area contributed by atoms with E-state index in [2.05, 4.69) is 0 Å². The number of hydrogen-bond donors (Lipinski definition) is 2. The standard InChI is InChI=1S/C19H15NO4S2/c21-14-8-4-5-12(9-14)10-16-18(24)20(19(25)26-16)15(11-17(22)23)13-6-2-1-3-7-13/h1-10,15,21H,11H2,(H,22,23)/b16-10-/t15-/m1/s1. The molecular weight excluding hydrogens is 370 g/mol. The van der Waals surface area contributed by atoms with Gasteiger partial charge in [0.25, 0.3) is 5.91 Å². The summed E-state index contributed by atoms with van der Waals surface area (Å²) in [4.78, 5) is 26.0. The minimum Gasteiger partial charge on any atom is -0.508 e. The van der Waals surface area contributed by atoms with Crippen LogP contribution in [-0.4, -0.2) is 31.3 Å². The Morgan fingerprint density at radius 1 is 1.19 bits per heavy atom. The lowest BCUT2D eigenvalue weighted by Crippen LogP contribution is -2.34. The molecule has 0 saturated carbocycles. The zero-order valence-corrected chi connectivity index (χ0v) is 15.2. The lowest BCUT2D eigenvalue weighted by atomic mass is 10.0. The van der Waals surface area contributed by atoms with E-state index in [4.69, 9.17) is 12.2 Å². The number of phenols is 1. The molecule has 5 nitrogen and oxygen atoms in total. The van der Waals surface area contributed by atoms with E-state index >= 15 is 0 Å². The molecule has 1 amide bonds. The number of aliphatic carboxylic acids is 1. The molecule has 132 valence electrons. The second-order valence-corrected chi connectivity index (χ2v) is 7.35. The maximum atomic E-state index is 12.9. The van der Waals surface area contributed by atoms with E-state index < -0.39 is 12.0 Å². The number of phenolic OH excluding ortho intramolecular Hbond substituents is 1. The largest absolute Gasteiger partial charge is 0.508 e. The van der Waals surface area contributed by atoms with Crippen LogP contribution in [0.4, 0.5) is 0 Å². The Morgan fingerprint density at radius 2 is 1.92 bits per heavy atom. The molecule has 1 heterocycles. The van der Waals surface area contributed by atoms with Gasteiger partial charge in [0.2, 0.25) is 0 Å². The van der Waals surface area contributed by atoms with Gasteiger partial charge in [0, 0.05) is 0 Å². The summed E-state index contributed by atoms with van der Waals surface area (Å²) in [6, 6.07) is 14.8. The molecule has 2 aromatic rings. The zero-order chi connectivity index (χ0) is 18.7. The van der Waals surface area contributed by atoms with Crippen LogP contribution in [0.2, 0.25) is 0 Å². The van der Waals surface area contributed by atoms with E-state index in [0.29, 0.717) is 20.4 Å². The van der Waals surface area contributed by atoms with E-state index in [1.54, 1.807) is 54.6 Å². The highest BCUT2D eigenvalue weighted by molar-refractivity contribution is 8.26. The molecular formula is C19H15NO4S2. The van der Waals surface area contributed by atoms with Crippen molar-refractivity contribution < 1.29 is 19.8 Å². The number of carboxylic acid groups (broad SMARTS) is 1. The second kappa shape index (κ2) is 7.72. The number of rotatable bonds is 5. The third kappa shape index (κ3) is 3.95. The van der Waals surface area contributed by atoms with E-state index in [-0.39, 0.29) is 18.1 Å². The third-order valence-corrected chi connectivity index (χ3v) is 5.19. The van der Waals surface area contributed by atoms with E-state index in [0.717, 1.165) is 11.8 Å². The molecule has 0 spiro atoms. The van der Waals surface area contributed by atoms with Gasteiger partial charge in [0.15, 0.2) is 0 Å². The Morgan fingerprint density at radius 3 is 2.58 bits per heavy atom. The Hall–Kier alpha value is -2.64. The van der Waals surface area contributed by atoms with Crippen molar-refractivity contribution in [3.63, 3.8) is 0 Å². The molecule has 0 aliphatic carbocycles. The third-order valence-electron chi connectivity index (χ3n) is 3.86. The minimum absolute atomic E-state index is 0.0993. The number of nitrogens with zero attached hydrogens (tertiary/aromatic N) is 1. The Balaban J connectivity index is 1.95. The van der Waals surface area contributed by atoms with Crippen LogP contribution in [0.25, 0.3) is 6.08 Å². The number of carboxylic acids is 1. The van der Waals surface area contributed by atoms with Crippen LogP contribution in [0, 0.1) is 0 Å². The van der Waals surface area contributed by atoms with Gasteiger partial charge in [-0.15, -0.1) is 0 Å². The molecule has 3 rings (SSSR count). The van der Waals surface area contributed by atoms with Crippen molar-refractivity contribution in [2.75, 3.05) is 0 Å². The maximum Gasteiger partial charge on any atom is 0.305 e. The predicted molar refractivity (Wildman–Crippen MR) is 105 cm³/mol. The van der Waals surface area contributed by atoms with Crippen molar-refractivity contribution in [2.45, 2.75) is 12.5 Å². The normalized spacial score (nSPS) is 16.9. The van der Waals surface area contributed by atoms with E-state index in [1.807, 2.05) is 6.07 Å². The molecule has 0 unspecified atom stereocenters. The fourth-order valence-electron chi connectivity index (χ4n) is 2.71. The van der Waals surface area contributed by atoms with Crippen molar-refractivity contribution in [3.8, 4) is 5.75 Å². The van der Waals surface area contributed by atoms with Gasteiger partial charge in [-0.05, 0) is 29.3 Å². The molecule has 1 saturated heterocycles. The summed E-state index contributed by atoms with van der Waals surface area (Å²) < 4.78 is 0.316. The van der Waals surface area contributed by atoms with Crippen LogP contribution in [0.5, 0.6) is 5.75 Å². The van der Waals surface area contributed by atoms with Crippen LogP contribution < -0.4 is 0 Å². The molecule has 1 aliphatic heterocycles. The molecule has 0 aromatic heterocycles. The summed E-state index contributed by atoms with van der Waals surface area (Å²) in [6.07, 6.45) is 1.40. The SMILES string of the molecule is O=C(O)C[C@H](c1ccccc1)N1C(=O)/C(=C/c2cccc(O)c2)SC1=S. The Kier molecular flexibility index (Phi) is 5.39. The summed E-state index contributed by atoms with van der Waals surface area (Å²) in [5.41, 5.74) is 1.38. The van der Waals surface area contributed by atoms with Gasteiger partial charge in [-0.2, -0.15) is 0 Å². The van der Waals surface area contributed by atoms with Gasteiger partial charge in [-0.25, -0.2) is 0 Å².